The predicted molar refractivity (Wildman–Crippen MR) is 68.0 cm³/mol. The van der Waals surface area contributed by atoms with Crippen LogP contribution in [-0.2, 0) is 9.53 Å². The van der Waals surface area contributed by atoms with Crippen LogP contribution in [0.3, 0.4) is 0 Å². The molecule has 0 radical (unpaired) electrons. The molecule has 0 aromatic heterocycles. The van der Waals surface area contributed by atoms with E-state index in [1.807, 2.05) is 31.2 Å². The molecular formula is C12H17NO2S. The third kappa shape index (κ3) is 4.24. The van der Waals surface area contributed by atoms with Crippen LogP contribution in [-0.4, -0.2) is 24.9 Å². The van der Waals surface area contributed by atoms with Crippen molar-refractivity contribution in [1.82, 2.24) is 0 Å². The van der Waals surface area contributed by atoms with Gasteiger partial charge in [0.2, 0.25) is 5.91 Å². The highest BCUT2D eigenvalue weighted by Gasteiger charge is 2.05. The van der Waals surface area contributed by atoms with Crippen molar-refractivity contribution in [2.75, 3.05) is 24.3 Å². The number of rotatable bonds is 6. The minimum atomic E-state index is -0.106. The molecule has 1 rings (SSSR count). The van der Waals surface area contributed by atoms with Gasteiger partial charge in [-0.2, -0.15) is 0 Å². The lowest BCUT2D eigenvalue weighted by Gasteiger charge is -2.09. The molecule has 1 N–H and O–H groups in total. The molecular weight excluding hydrogens is 222 g/mol. The van der Waals surface area contributed by atoms with Crippen molar-refractivity contribution < 1.29 is 9.53 Å². The zero-order valence-electron chi connectivity index (χ0n) is 9.66. The van der Waals surface area contributed by atoms with Gasteiger partial charge in [-0.15, -0.1) is 11.8 Å². The van der Waals surface area contributed by atoms with Crippen molar-refractivity contribution in [3.05, 3.63) is 24.3 Å². The number of benzene rings is 1. The van der Waals surface area contributed by atoms with Crippen molar-refractivity contribution in [3.63, 3.8) is 0 Å². The second-order valence-corrected chi connectivity index (χ2v) is 4.42. The van der Waals surface area contributed by atoms with E-state index < -0.39 is 0 Å². The Labute approximate surface area is 101 Å². The van der Waals surface area contributed by atoms with E-state index in [9.17, 15) is 4.79 Å². The Hall–Kier alpha value is -1.00. The van der Waals surface area contributed by atoms with E-state index in [4.69, 9.17) is 4.74 Å². The average Bonchev–Trinajstić information content (AvgIpc) is 2.29. The largest absolute Gasteiger partial charge is 0.372 e. The molecule has 0 saturated carbocycles. The smallest absolute Gasteiger partial charge is 0.250 e. The van der Waals surface area contributed by atoms with Crippen LogP contribution in [0.25, 0.3) is 0 Å². The SMILES string of the molecule is CCOCC(=O)Nc1ccccc1SCC. The first-order chi connectivity index (χ1) is 7.77. The molecule has 88 valence electrons. The summed E-state index contributed by atoms with van der Waals surface area (Å²) in [5.74, 6) is 0.879. The third-order valence-electron chi connectivity index (χ3n) is 1.90. The van der Waals surface area contributed by atoms with E-state index in [1.54, 1.807) is 11.8 Å². The number of para-hydroxylation sites is 1. The Balaban J connectivity index is 2.61. The van der Waals surface area contributed by atoms with E-state index in [0.29, 0.717) is 6.61 Å². The van der Waals surface area contributed by atoms with Gasteiger partial charge in [-0.1, -0.05) is 19.1 Å². The van der Waals surface area contributed by atoms with E-state index >= 15 is 0 Å². The number of carbonyl (C=O) groups is 1. The van der Waals surface area contributed by atoms with Gasteiger partial charge in [-0.3, -0.25) is 4.79 Å². The Kier molecular flexibility index (Phi) is 5.96. The van der Waals surface area contributed by atoms with Crippen molar-refractivity contribution in [2.45, 2.75) is 18.7 Å². The molecule has 0 heterocycles. The van der Waals surface area contributed by atoms with Gasteiger partial charge in [-0.25, -0.2) is 0 Å². The van der Waals surface area contributed by atoms with Gasteiger partial charge in [-0.05, 0) is 24.8 Å². The molecule has 0 aliphatic carbocycles. The second kappa shape index (κ2) is 7.30. The summed E-state index contributed by atoms with van der Waals surface area (Å²) < 4.78 is 5.05. The second-order valence-electron chi connectivity index (χ2n) is 3.11. The Bertz CT molecular complexity index is 342. The molecule has 0 spiro atoms. The maximum Gasteiger partial charge on any atom is 0.250 e. The van der Waals surface area contributed by atoms with E-state index in [-0.39, 0.29) is 12.5 Å². The predicted octanol–water partition coefficient (Wildman–Crippen LogP) is 2.77. The summed E-state index contributed by atoms with van der Waals surface area (Å²) in [5.41, 5.74) is 0.860. The average molecular weight is 239 g/mol. The molecule has 1 amide bonds. The fourth-order valence-electron chi connectivity index (χ4n) is 1.23. The van der Waals surface area contributed by atoms with Crippen LogP contribution in [0.15, 0.2) is 29.2 Å². The number of hydrogen-bond acceptors (Lipinski definition) is 3. The summed E-state index contributed by atoms with van der Waals surface area (Å²) in [6, 6.07) is 7.79. The van der Waals surface area contributed by atoms with Crippen LogP contribution in [0.4, 0.5) is 5.69 Å². The van der Waals surface area contributed by atoms with Crippen molar-refractivity contribution in [2.24, 2.45) is 0 Å². The summed E-state index contributed by atoms with van der Waals surface area (Å²) in [6.45, 7) is 4.62. The standard InChI is InChI=1S/C12H17NO2S/c1-3-15-9-12(14)13-10-7-5-6-8-11(10)16-4-2/h5-8H,3-4,9H2,1-2H3,(H,13,14). The first-order valence-electron chi connectivity index (χ1n) is 5.37. The first kappa shape index (κ1) is 13.1. The molecule has 0 fully saturated rings. The number of thioether (sulfide) groups is 1. The summed E-state index contributed by atoms with van der Waals surface area (Å²) in [6.07, 6.45) is 0. The minimum absolute atomic E-state index is 0.106. The van der Waals surface area contributed by atoms with Gasteiger partial charge in [0.25, 0.3) is 0 Å². The van der Waals surface area contributed by atoms with E-state index in [1.165, 1.54) is 0 Å². The highest BCUT2D eigenvalue weighted by atomic mass is 32.2. The van der Waals surface area contributed by atoms with Gasteiger partial charge in [0.05, 0.1) is 5.69 Å². The molecule has 1 aromatic rings. The first-order valence-corrected chi connectivity index (χ1v) is 6.35. The molecule has 0 unspecified atom stereocenters. The van der Waals surface area contributed by atoms with E-state index in [2.05, 4.69) is 12.2 Å². The van der Waals surface area contributed by atoms with Gasteiger partial charge in [0.15, 0.2) is 0 Å². The molecule has 0 aliphatic heterocycles. The lowest BCUT2D eigenvalue weighted by Crippen LogP contribution is -2.18. The molecule has 0 aliphatic rings. The lowest BCUT2D eigenvalue weighted by molar-refractivity contribution is -0.120. The van der Waals surface area contributed by atoms with Gasteiger partial charge in [0.1, 0.15) is 6.61 Å². The molecule has 16 heavy (non-hydrogen) atoms. The quantitative estimate of drug-likeness (QED) is 0.776. The number of carbonyl (C=O) groups excluding carboxylic acids is 1. The topological polar surface area (TPSA) is 38.3 Å². The maximum atomic E-state index is 11.5. The van der Waals surface area contributed by atoms with Crippen LogP contribution < -0.4 is 5.32 Å². The maximum absolute atomic E-state index is 11.5. The van der Waals surface area contributed by atoms with Crippen molar-refractivity contribution in [1.29, 1.82) is 0 Å². The summed E-state index contributed by atoms with van der Waals surface area (Å²) in [7, 11) is 0. The van der Waals surface area contributed by atoms with Crippen LogP contribution in [0.2, 0.25) is 0 Å². The summed E-state index contributed by atoms with van der Waals surface area (Å²) in [5, 5.41) is 2.85. The number of nitrogens with one attached hydrogen (secondary N) is 1. The van der Waals surface area contributed by atoms with Crippen LogP contribution in [0.5, 0.6) is 0 Å². The molecule has 3 nitrogen and oxygen atoms in total. The number of anilines is 1. The van der Waals surface area contributed by atoms with Crippen molar-refractivity contribution in [3.8, 4) is 0 Å². The third-order valence-corrected chi connectivity index (χ3v) is 2.85. The Morgan fingerprint density at radius 1 is 1.38 bits per heavy atom. The highest BCUT2D eigenvalue weighted by molar-refractivity contribution is 7.99. The monoisotopic (exact) mass is 239 g/mol. The molecule has 0 bridgehead atoms. The number of ether oxygens (including phenoxy) is 1. The zero-order chi connectivity index (χ0) is 11.8. The number of hydrogen-bond donors (Lipinski definition) is 1. The van der Waals surface area contributed by atoms with Gasteiger partial charge >= 0.3 is 0 Å². The normalized spacial score (nSPS) is 10.1. The lowest BCUT2D eigenvalue weighted by atomic mass is 10.3. The fourth-order valence-corrected chi connectivity index (χ4v) is 1.99. The minimum Gasteiger partial charge on any atom is -0.372 e. The Morgan fingerprint density at radius 2 is 2.12 bits per heavy atom. The van der Waals surface area contributed by atoms with Gasteiger partial charge in [0, 0.05) is 11.5 Å². The van der Waals surface area contributed by atoms with Crippen LogP contribution in [0.1, 0.15) is 13.8 Å². The molecule has 1 aromatic carbocycles. The molecule has 4 heteroatoms. The summed E-state index contributed by atoms with van der Waals surface area (Å²) in [4.78, 5) is 12.6. The molecule has 0 saturated heterocycles. The van der Waals surface area contributed by atoms with Crippen LogP contribution in [0, 0.1) is 0 Å². The molecule has 0 atom stereocenters. The summed E-state index contributed by atoms with van der Waals surface area (Å²) >= 11 is 1.71. The van der Waals surface area contributed by atoms with Crippen molar-refractivity contribution >= 4 is 23.4 Å². The van der Waals surface area contributed by atoms with Crippen LogP contribution >= 0.6 is 11.8 Å². The fraction of sp³-hybridized carbons (Fsp3) is 0.417. The van der Waals surface area contributed by atoms with Gasteiger partial charge < -0.3 is 10.1 Å². The Morgan fingerprint density at radius 3 is 2.81 bits per heavy atom. The highest BCUT2D eigenvalue weighted by Crippen LogP contribution is 2.26. The van der Waals surface area contributed by atoms with E-state index in [0.717, 1.165) is 16.3 Å². The number of amides is 1. The zero-order valence-corrected chi connectivity index (χ0v) is 10.5.